The fraction of sp³-hybridized carbons (Fsp3) is 0.389. The van der Waals surface area contributed by atoms with Crippen molar-refractivity contribution < 1.29 is 22.4 Å². The molecule has 1 saturated carbocycles. The highest BCUT2D eigenvalue weighted by Gasteiger charge is 2.37. The van der Waals surface area contributed by atoms with Crippen LogP contribution in [0.25, 0.3) is 11.3 Å². The van der Waals surface area contributed by atoms with Crippen LogP contribution in [0.4, 0.5) is 23.2 Å². The van der Waals surface area contributed by atoms with E-state index in [-0.39, 0.29) is 22.9 Å². The zero-order chi connectivity index (χ0) is 18.7. The normalized spacial score (nSPS) is 15.7. The lowest BCUT2D eigenvalue weighted by molar-refractivity contribution is -0.140. The molecule has 8 heteroatoms. The smallest absolute Gasteiger partial charge is 0.324 e. The fourth-order valence-corrected chi connectivity index (χ4v) is 3.09. The molecule has 0 atom stereocenters. The van der Waals surface area contributed by atoms with Crippen LogP contribution < -0.4 is 5.32 Å². The summed E-state index contributed by atoms with van der Waals surface area (Å²) in [7, 11) is 0. The average Bonchev–Trinajstić information content (AvgIpc) is 2.62. The van der Waals surface area contributed by atoms with Gasteiger partial charge in [0.05, 0.1) is 17.6 Å². The zero-order valence-electron chi connectivity index (χ0n) is 13.8. The molecule has 0 radical (unpaired) electrons. The molecule has 26 heavy (non-hydrogen) atoms. The van der Waals surface area contributed by atoms with Gasteiger partial charge in [0.1, 0.15) is 5.82 Å². The van der Waals surface area contributed by atoms with Gasteiger partial charge in [0.15, 0.2) is 5.69 Å². The molecule has 4 nitrogen and oxygen atoms in total. The van der Waals surface area contributed by atoms with Crippen LogP contribution in [0.2, 0.25) is 0 Å². The Morgan fingerprint density at radius 1 is 1.12 bits per heavy atom. The quantitative estimate of drug-likeness (QED) is 0.792. The lowest BCUT2D eigenvalue weighted by Gasteiger charge is -2.22. The first-order valence-electron chi connectivity index (χ1n) is 8.34. The van der Waals surface area contributed by atoms with E-state index in [4.69, 9.17) is 0 Å². The predicted octanol–water partition coefficient (Wildman–Crippen LogP) is 4.82. The number of anilines is 1. The third kappa shape index (κ3) is 4.17. The molecule has 1 aliphatic rings. The van der Waals surface area contributed by atoms with Crippen molar-refractivity contribution in [3.05, 3.63) is 42.1 Å². The van der Waals surface area contributed by atoms with Crippen molar-refractivity contribution in [2.75, 3.05) is 5.32 Å². The van der Waals surface area contributed by atoms with E-state index < -0.39 is 23.6 Å². The Morgan fingerprint density at radius 2 is 1.85 bits per heavy atom. The summed E-state index contributed by atoms with van der Waals surface area (Å²) < 4.78 is 53.5. The molecule has 2 aromatic rings. The van der Waals surface area contributed by atoms with Crippen LogP contribution in [0.5, 0.6) is 0 Å². The third-order valence-electron chi connectivity index (χ3n) is 4.40. The monoisotopic (exact) mass is 367 g/mol. The van der Waals surface area contributed by atoms with E-state index in [9.17, 15) is 22.4 Å². The molecule has 1 fully saturated rings. The van der Waals surface area contributed by atoms with Gasteiger partial charge in [-0.25, -0.2) is 9.37 Å². The molecular weight excluding hydrogens is 350 g/mol. The first-order chi connectivity index (χ1) is 12.3. The summed E-state index contributed by atoms with van der Waals surface area (Å²) in [5.41, 5.74) is -1.54. The molecule has 0 aromatic carbocycles. The van der Waals surface area contributed by atoms with E-state index in [0.717, 1.165) is 37.6 Å². The average molecular weight is 367 g/mol. The second-order valence-electron chi connectivity index (χ2n) is 6.31. The van der Waals surface area contributed by atoms with Crippen molar-refractivity contribution in [2.24, 2.45) is 5.92 Å². The highest BCUT2D eigenvalue weighted by atomic mass is 19.4. The number of alkyl halides is 3. The van der Waals surface area contributed by atoms with E-state index in [1.165, 1.54) is 12.3 Å². The largest absolute Gasteiger partial charge is 0.435 e. The number of hydrogen-bond acceptors (Lipinski definition) is 3. The Balaban J connectivity index is 1.91. The first-order valence-corrected chi connectivity index (χ1v) is 8.34. The Bertz CT molecular complexity index is 801. The molecule has 0 unspecified atom stereocenters. The van der Waals surface area contributed by atoms with E-state index in [1.807, 2.05) is 0 Å². The number of hydrogen-bond donors (Lipinski definition) is 1. The zero-order valence-corrected chi connectivity index (χ0v) is 13.8. The lowest BCUT2D eigenvalue weighted by atomic mass is 9.88. The second kappa shape index (κ2) is 7.39. The maximum Gasteiger partial charge on any atom is 0.435 e. The Kier molecular flexibility index (Phi) is 5.20. The van der Waals surface area contributed by atoms with Crippen molar-refractivity contribution in [1.82, 2.24) is 9.97 Å². The van der Waals surface area contributed by atoms with Crippen molar-refractivity contribution >= 4 is 11.6 Å². The van der Waals surface area contributed by atoms with Crippen LogP contribution in [0.1, 0.15) is 37.8 Å². The van der Waals surface area contributed by atoms with Gasteiger partial charge in [-0.2, -0.15) is 13.2 Å². The van der Waals surface area contributed by atoms with Crippen LogP contribution in [-0.4, -0.2) is 15.9 Å². The van der Waals surface area contributed by atoms with Gasteiger partial charge in [-0.1, -0.05) is 19.3 Å². The minimum atomic E-state index is -4.76. The Labute approximate surface area is 147 Å². The molecule has 2 heterocycles. The second-order valence-corrected chi connectivity index (χ2v) is 6.31. The number of carbonyl (C=O) groups is 1. The molecule has 1 aliphatic carbocycles. The van der Waals surface area contributed by atoms with E-state index in [1.54, 1.807) is 0 Å². The first kappa shape index (κ1) is 18.3. The highest BCUT2D eigenvalue weighted by molar-refractivity contribution is 5.93. The minimum Gasteiger partial charge on any atom is -0.324 e. The number of pyridine rings is 2. The number of aromatic nitrogens is 2. The summed E-state index contributed by atoms with van der Waals surface area (Å²) in [5, 5.41) is 2.37. The molecule has 2 aromatic heterocycles. The Morgan fingerprint density at radius 3 is 2.50 bits per heavy atom. The predicted molar refractivity (Wildman–Crippen MR) is 87.6 cm³/mol. The van der Waals surface area contributed by atoms with Gasteiger partial charge in [0, 0.05) is 17.7 Å². The van der Waals surface area contributed by atoms with Crippen molar-refractivity contribution in [1.29, 1.82) is 0 Å². The standard InChI is InChI=1S/C18H17F4N3O/c19-13-8-12(9-23-10-13)14-6-7-15(16(24-14)18(20,21)22)25-17(26)11-4-2-1-3-5-11/h6-11H,1-5H2,(H,25,26). The van der Waals surface area contributed by atoms with E-state index in [2.05, 4.69) is 15.3 Å². The number of carbonyl (C=O) groups excluding carboxylic acids is 1. The number of halogens is 4. The van der Waals surface area contributed by atoms with Crippen molar-refractivity contribution in [3.63, 3.8) is 0 Å². The van der Waals surface area contributed by atoms with Crippen LogP contribution >= 0.6 is 0 Å². The summed E-state index contributed by atoms with van der Waals surface area (Å²) in [6.45, 7) is 0. The van der Waals surface area contributed by atoms with Crippen molar-refractivity contribution in [3.8, 4) is 11.3 Å². The summed E-state index contributed by atoms with van der Waals surface area (Å²) >= 11 is 0. The van der Waals surface area contributed by atoms with Crippen LogP contribution in [0, 0.1) is 11.7 Å². The number of nitrogens with zero attached hydrogens (tertiary/aromatic N) is 2. The third-order valence-corrected chi connectivity index (χ3v) is 4.40. The van der Waals surface area contributed by atoms with Gasteiger partial charge in [-0.05, 0) is 31.0 Å². The fourth-order valence-electron chi connectivity index (χ4n) is 3.09. The molecule has 0 saturated heterocycles. The van der Waals surface area contributed by atoms with Gasteiger partial charge in [0.2, 0.25) is 5.91 Å². The topological polar surface area (TPSA) is 54.9 Å². The molecule has 1 N–H and O–H groups in total. The van der Waals surface area contributed by atoms with Gasteiger partial charge >= 0.3 is 6.18 Å². The highest BCUT2D eigenvalue weighted by Crippen LogP contribution is 2.36. The summed E-state index contributed by atoms with van der Waals surface area (Å²) in [6, 6.07) is 3.51. The van der Waals surface area contributed by atoms with Crippen molar-refractivity contribution in [2.45, 2.75) is 38.3 Å². The minimum absolute atomic E-state index is 0.0695. The molecule has 0 spiro atoms. The van der Waals surface area contributed by atoms with Gasteiger partial charge in [-0.3, -0.25) is 9.78 Å². The summed E-state index contributed by atoms with van der Waals surface area (Å²) in [6.07, 6.45) is 1.60. The number of nitrogens with one attached hydrogen (secondary N) is 1. The number of amides is 1. The van der Waals surface area contributed by atoms with E-state index >= 15 is 0 Å². The maximum atomic E-state index is 13.4. The molecule has 138 valence electrons. The van der Waals surface area contributed by atoms with Gasteiger partial charge < -0.3 is 5.32 Å². The summed E-state index contributed by atoms with van der Waals surface area (Å²) in [5.74, 6) is -1.37. The van der Waals surface area contributed by atoms with Crippen LogP contribution in [-0.2, 0) is 11.0 Å². The molecule has 0 aliphatic heterocycles. The molecule has 0 bridgehead atoms. The molecular formula is C18H17F4N3O. The Hall–Kier alpha value is -2.51. The lowest BCUT2D eigenvalue weighted by Crippen LogP contribution is -2.26. The SMILES string of the molecule is O=C(Nc1ccc(-c2cncc(F)c2)nc1C(F)(F)F)C1CCCCC1. The summed E-state index contributed by atoms with van der Waals surface area (Å²) in [4.78, 5) is 19.5. The van der Waals surface area contributed by atoms with Gasteiger partial charge in [0.25, 0.3) is 0 Å². The van der Waals surface area contributed by atoms with Gasteiger partial charge in [-0.15, -0.1) is 0 Å². The molecule has 1 amide bonds. The maximum absolute atomic E-state index is 13.4. The number of rotatable bonds is 3. The van der Waals surface area contributed by atoms with E-state index in [0.29, 0.717) is 12.8 Å². The molecule has 3 rings (SSSR count). The van der Waals surface area contributed by atoms with Crippen LogP contribution in [0.15, 0.2) is 30.6 Å². The van der Waals surface area contributed by atoms with Crippen LogP contribution in [0.3, 0.4) is 0 Å².